The summed E-state index contributed by atoms with van der Waals surface area (Å²) in [6.45, 7) is 5.86. The van der Waals surface area contributed by atoms with Crippen LogP contribution in [0, 0.1) is 0 Å². The van der Waals surface area contributed by atoms with E-state index in [1.165, 1.54) is 4.68 Å². The van der Waals surface area contributed by atoms with E-state index in [2.05, 4.69) is 15.5 Å². The number of aromatic nitrogens is 4. The molecule has 0 aliphatic heterocycles. The van der Waals surface area contributed by atoms with E-state index in [9.17, 15) is 9.90 Å². The molecule has 1 aromatic carbocycles. The number of carbonyl (C=O) groups is 1. The molecule has 0 aliphatic rings. The van der Waals surface area contributed by atoms with Crippen molar-refractivity contribution < 1.29 is 9.90 Å². The predicted molar refractivity (Wildman–Crippen MR) is 73.3 cm³/mol. The minimum absolute atomic E-state index is 0.312. The number of carboxylic acids is 1. The van der Waals surface area contributed by atoms with Crippen LogP contribution in [0.1, 0.15) is 38.2 Å². The number of aliphatic carboxylic acids is 1. The van der Waals surface area contributed by atoms with Gasteiger partial charge in [-0.2, -0.15) is 0 Å². The first kappa shape index (κ1) is 14.2. The van der Waals surface area contributed by atoms with E-state index in [0.29, 0.717) is 12.2 Å². The summed E-state index contributed by atoms with van der Waals surface area (Å²) in [4.78, 5) is 11.6. The summed E-state index contributed by atoms with van der Waals surface area (Å²) < 4.78 is 1.41. The summed E-state index contributed by atoms with van der Waals surface area (Å²) in [5, 5.41) is 21.0. The van der Waals surface area contributed by atoms with E-state index in [1.807, 2.05) is 51.1 Å². The van der Waals surface area contributed by atoms with Crippen molar-refractivity contribution in [2.75, 3.05) is 0 Å². The summed E-state index contributed by atoms with van der Waals surface area (Å²) in [5.74, 6) is -0.368. The number of rotatable bonds is 4. The van der Waals surface area contributed by atoms with E-state index >= 15 is 0 Å². The number of benzene rings is 1. The first-order valence-corrected chi connectivity index (χ1v) is 6.44. The van der Waals surface area contributed by atoms with Gasteiger partial charge in [0.05, 0.1) is 0 Å². The van der Waals surface area contributed by atoms with E-state index in [0.717, 1.165) is 5.56 Å². The van der Waals surface area contributed by atoms with Crippen molar-refractivity contribution >= 4 is 5.97 Å². The predicted octanol–water partition coefficient (Wildman–Crippen LogP) is 1.84. The number of tetrazole rings is 1. The lowest BCUT2D eigenvalue weighted by atomic mass is 9.95. The van der Waals surface area contributed by atoms with Crippen LogP contribution < -0.4 is 0 Å². The molecule has 0 spiro atoms. The van der Waals surface area contributed by atoms with Crippen LogP contribution >= 0.6 is 0 Å². The van der Waals surface area contributed by atoms with Gasteiger partial charge in [-0.15, -0.1) is 5.10 Å². The summed E-state index contributed by atoms with van der Waals surface area (Å²) >= 11 is 0. The zero-order valence-electron chi connectivity index (χ0n) is 11.8. The highest BCUT2D eigenvalue weighted by Crippen LogP contribution is 2.23. The fraction of sp³-hybridized carbons (Fsp3) is 0.429. The maximum atomic E-state index is 11.6. The monoisotopic (exact) mass is 274 g/mol. The Morgan fingerprint density at radius 2 is 1.95 bits per heavy atom. The van der Waals surface area contributed by atoms with Crippen LogP contribution in [0.5, 0.6) is 0 Å². The third kappa shape index (κ3) is 3.01. The molecule has 1 N–H and O–H groups in total. The molecule has 1 unspecified atom stereocenters. The topological polar surface area (TPSA) is 80.9 Å². The molecule has 0 fully saturated rings. The Morgan fingerprint density at radius 1 is 1.30 bits per heavy atom. The smallest absolute Gasteiger partial charge is 0.328 e. The van der Waals surface area contributed by atoms with Gasteiger partial charge < -0.3 is 5.11 Å². The molecule has 6 nitrogen and oxygen atoms in total. The average Bonchev–Trinajstić information content (AvgIpc) is 2.85. The third-order valence-electron chi connectivity index (χ3n) is 3.02. The van der Waals surface area contributed by atoms with Crippen LogP contribution in [-0.2, 0) is 16.6 Å². The third-order valence-corrected chi connectivity index (χ3v) is 3.02. The molecule has 0 saturated heterocycles. The Balaban J connectivity index is 2.35. The lowest BCUT2D eigenvalue weighted by molar-refractivity contribution is -0.141. The molecule has 0 bridgehead atoms. The van der Waals surface area contributed by atoms with Crippen LogP contribution in [0.4, 0.5) is 0 Å². The van der Waals surface area contributed by atoms with Gasteiger partial charge in [0.25, 0.3) is 0 Å². The molecule has 1 heterocycles. The Bertz CT molecular complexity index is 587. The highest BCUT2D eigenvalue weighted by Gasteiger charge is 2.30. The molecule has 1 atom stereocenters. The van der Waals surface area contributed by atoms with Crippen molar-refractivity contribution in [2.45, 2.75) is 38.6 Å². The van der Waals surface area contributed by atoms with Gasteiger partial charge in [-0.25, -0.2) is 9.48 Å². The van der Waals surface area contributed by atoms with Gasteiger partial charge in [0.2, 0.25) is 0 Å². The quantitative estimate of drug-likeness (QED) is 0.920. The molecule has 0 amide bonds. The van der Waals surface area contributed by atoms with Gasteiger partial charge in [-0.1, -0.05) is 51.1 Å². The van der Waals surface area contributed by atoms with Crippen molar-refractivity contribution in [3.8, 4) is 0 Å². The summed E-state index contributed by atoms with van der Waals surface area (Å²) in [7, 11) is 0. The Labute approximate surface area is 117 Å². The van der Waals surface area contributed by atoms with Crippen molar-refractivity contribution in [1.29, 1.82) is 0 Å². The number of hydrogen-bond acceptors (Lipinski definition) is 4. The second-order valence-corrected chi connectivity index (χ2v) is 5.74. The first-order chi connectivity index (χ1) is 9.39. The lowest BCUT2D eigenvalue weighted by Crippen LogP contribution is -2.29. The van der Waals surface area contributed by atoms with Crippen LogP contribution in [0.2, 0.25) is 0 Å². The summed E-state index contributed by atoms with van der Waals surface area (Å²) in [6, 6.07) is 8.67. The van der Waals surface area contributed by atoms with Gasteiger partial charge in [-0.05, 0) is 16.0 Å². The second-order valence-electron chi connectivity index (χ2n) is 5.74. The second kappa shape index (κ2) is 5.40. The molecular weight excluding hydrogens is 256 g/mol. The fourth-order valence-electron chi connectivity index (χ4n) is 2.01. The van der Waals surface area contributed by atoms with Crippen LogP contribution in [0.25, 0.3) is 0 Å². The fourth-order valence-corrected chi connectivity index (χ4v) is 2.01. The zero-order valence-corrected chi connectivity index (χ0v) is 11.8. The average molecular weight is 274 g/mol. The van der Waals surface area contributed by atoms with Crippen molar-refractivity contribution in [1.82, 2.24) is 20.2 Å². The molecular formula is C14H18N4O2. The molecule has 106 valence electrons. The highest BCUT2D eigenvalue weighted by atomic mass is 16.4. The molecule has 2 rings (SSSR count). The maximum absolute atomic E-state index is 11.6. The summed E-state index contributed by atoms with van der Waals surface area (Å²) in [6.07, 6.45) is 0.351. The molecule has 6 heteroatoms. The van der Waals surface area contributed by atoms with Gasteiger partial charge in [-0.3, -0.25) is 0 Å². The minimum Gasteiger partial charge on any atom is -0.480 e. The normalized spacial score (nSPS) is 13.2. The molecule has 1 aromatic heterocycles. The summed E-state index contributed by atoms with van der Waals surface area (Å²) in [5.41, 5.74) is 0.628. The van der Waals surface area contributed by atoms with Crippen LogP contribution in [0.15, 0.2) is 30.3 Å². The number of carboxylic acid groups (broad SMARTS) is 1. The van der Waals surface area contributed by atoms with Crippen molar-refractivity contribution in [3.05, 3.63) is 41.7 Å². The van der Waals surface area contributed by atoms with Gasteiger partial charge >= 0.3 is 5.97 Å². The lowest BCUT2D eigenvalue weighted by Gasteiger charge is -2.21. The van der Waals surface area contributed by atoms with Gasteiger partial charge in [0.15, 0.2) is 11.9 Å². The molecule has 0 saturated carbocycles. The van der Waals surface area contributed by atoms with E-state index in [-0.39, 0.29) is 5.41 Å². The largest absolute Gasteiger partial charge is 0.480 e. The number of nitrogens with zero attached hydrogens (tertiary/aromatic N) is 4. The standard InChI is InChI=1S/C14H18N4O2/c1-14(2,3)13-15-16-17-18(13)11(12(19)20)9-10-7-5-4-6-8-10/h4-8,11H,9H2,1-3H3,(H,19,20). The Kier molecular flexibility index (Phi) is 3.83. The molecule has 0 radical (unpaired) electrons. The van der Waals surface area contributed by atoms with E-state index in [4.69, 9.17) is 0 Å². The molecule has 0 aliphatic carbocycles. The van der Waals surface area contributed by atoms with Gasteiger partial charge in [0.1, 0.15) is 0 Å². The van der Waals surface area contributed by atoms with E-state index < -0.39 is 12.0 Å². The van der Waals surface area contributed by atoms with Crippen molar-refractivity contribution in [3.63, 3.8) is 0 Å². The Hall–Kier alpha value is -2.24. The maximum Gasteiger partial charge on any atom is 0.328 e. The highest BCUT2D eigenvalue weighted by molar-refractivity contribution is 5.72. The first-order valence-electron chi connectivity index (χ1n) is 6.44. The zero-order chi connectivity index (χ0) is 14.8. The SMILES string of the molecule is CC(C)(C)c1nnnn1C(Cc1ccccc1)C(=O)O. The van der Waals surface area contributed by atoms with E-state index in [1.54, 1.807) is 0 Å². The minimum atomic E-state index is -0.938. The molecule has 2 aromatic rings. The Morgan fingerprint density at radius 3 is 2.50 bits per heavy atom. The molecule has 20 heavy (non-hydrogen) atoms. The van der Waals surface area contributed by atoms with Crippen molar-refractivity contribution in [2.24, 2.45) is 0 Å². The van der Waals surface area contributed by atoms with Crippen LogP contribution in [0.3, 0.4) is 0 Å². The van der Waals surface area contributed by atoms with Gasteiger partial charge in [0, 0.05) is 11.8 Å². The number of hydrogen-bond donors (Lipinski definition) is 1. The van der Waals surface area contributed by atoms with Crippen LogP contribution in [-0.4, -0.2) is 31.3 Å².